The second-order valence-electron chi connectivity index (χ2n) is 7.39. The van der Waals surface area contributed by atoms with E-state index in [4.69, 9.17) is 25.4 Å². The number of hydrogen-bond acceptors (Lipinski definition) is 9. The number of anilines is 1. The third-order valence-corrected chi connectivity index (χ3v) is 7.11. The van der Waals surface area contributed by atoms with Crippen molar-refractivity contribution >= 4 is 21.9 Å². The molecule has 11 heteroatoms. The van der Waals surface area contributed by atoms with E-state index in [1.54, 1.807) is 13.8 Å². The highest BCUT2D eigenvalue weighted by atomic mass is 32.2. The van der Waals surface area contributed by atoms with E-state index in [1.807, 2.05) is 6.92 Å². The Labute approximate surface area is 164 Å². The molecule has 4 N–H and O–H groups in total. The lowest BCUT2D eigenvalue weighted by molar-refractivity contribution is -0.106. The van der Waals surface area contributed by atoms with Gasteiger partial charge in [-0.15, -0.1) is 0 Å². The quantitative estimate of drug-likeness (QED) is 0.448. The van der Waals surface area contributed by atoms with Gasteiger partial charge in [0.2, 0.25) is 12.0 Å². The van der Waals surface area contributed by atoms with Gasteiger partial charge >= 0.3 is 6.01 Å². The molecule has 0 aliphatic carbocycles. The molecule has 0 saturated carbocycles. The molecular weight excluding hydrogens is 386 g/mol. The van der Waals surface area contributed by atoms with Crippen LogP contribution < -0.4 is 25.5 Å². The summed E-state index contributed by atoms with van der Waals surface area (Å²) in [6, 6.07) is -0.0884. The van der Waals surface area contributed by atoms with Crippen LogP contribution in [0.5, 0.6) is 11.8 Å². The van der Waals surface area contributed by atoms with Gasteiger partial charge in [-0.2, -0.15) is 9.97 Å². The first kappa shape index (κ1) is 20.3. The van der Waals surface area contributed by atoms with Crippen LogP contribution in [-0.2, 0) is 19.3 Å². The van der Waals surface area contributed by atoms with Gasteiger partial charge in [0, 0.05) is 12.5 Å². The third-order valence-electron chi connectivity index (χ3n) is 5.06. The number of aromatic nitrogens is 2. The van der Waals surface area contributed by atoms with Crippen molar-refractivity contribution in [2.24, 2.45) is 5.73 Å². The molecule has 2 aliphatic rings. The van der Waals surface area contributed by atoms with E-state index in [1.165, 1.54) is 12.4 Å². The number of rotatable bonds is 5. The van der Waals surface area contributed by atoms with Crippen molar-refractivity contribution in [1.82, 2.24) is 9.97 Å². The monoisotopic (exact) mass is 412 g/mol. The Balaban J connectivity index is 2.22. The third kappa shape index (κ3) is 3.39. The van der Waals surface area contributed by atoms with Crippen LogP contribution in [0.3, 0.4) is 0 Å². The number of fused-ring (bicyclic) bond motifs is 3. The van der Waals surface area contributed by atoms with E-state index in [0.29, 0.717) is 31.4 Å². The molecule has 0 aromatic carbocycles. The van der Waals surface area contributed by atoms with Gasteiger partial charge in [0.25, 0.3) is 0 Å². The number of morpholine rings is 1. The standard InChI is InChI=1S/C17H25N5O5S/c1-10-7-25-8-11-9-26-13-14(17(2,3)28(4,23)24)20-16(21-15(13)22(10)11)27-12(5-18)6-19/h5-6,10-11,18H,7-9,19H2,1-4H3/p+1/b12-6+,18-5?/t10-,11?/m1/s1. The topological polar surface area (TPSA) is 142 Å². The highest BCUT2D eigenvalue weighted by molar-refractivity contribution is 7.91. The van der Waals surface area contributed by atoms with Gasteiger partial charge in [-0.3, -0.25) is 5.41 Å². The van der Waals surface area contributed by atoms with Crippen LogP contribution in [-0.4, -0.2) is 62.8 Å². The number of allylic oxidation sites excluding steroid dienone is 1. The molecule has 1 saturated heterocycles. The fraction of sp³-hybridized carbons (Fsp3) is 0.588. The number of sulfone groups is 1. The molecule has 10 nitrogen and oxygen atoms in total. The molecule has 2 atom stereocenters. The van der Waals surface area contributed by atoms with Gasteiger partial charge in [-0.25, -0.2) is 8.42 Å². The number of ether oxygens (including phenoxy) is 3. The summed E-state index contributed by atoms with van der Waals surface area (Å²) in [7, 11) is -3.53. The summed E-state index contributed by atoms with van der Waals surface area (Å²) >= 11 is 0. The van der Waals surface area contributed by atoms with Crippen molar-refractivity contribution in [3.05, 3.63) is 17.7 Å². The van der Waals surface area contributed by atoms with Crippen molar-refractivity contribution < 1.29 is 28.0 Å². The molecule has 0 radical (unpaired) electrons. The van der Waals surface area contributed by atoms with Gasteiger partial charge in [-0.05, 0) is 20.8 Å². The minimum atomic E-state index is -3.53. The van der Waals surface area contributed by atoms with Crippen LogP contribution >= 0.6 is 0 Å². The minimum Gasteiger partial charge on any atom is -0.486 e. The summed E-state index contributed by atoms with van der Waals surface area (Å²) in [6.07, 6.45) is 3.49. The van der Waals surface area contributed by atoms with E-state index in [-0.39, 0.29) is 29.5 Å². The maximum atomic E-state index is 12.5. The van der Waals surface area contributed by atoms with E-state index in [2.05, 4.69) is 14.9 Å². The smallest absolute Gasteiger partial charge is 0.324 e. The predicted molar refractivity (Wildman–Crippen MR) is 103 cm³/mol. The minimum absolute atomic E-state index is 0.0175. The van der Waals surface area contributed by atoms with Crippen molar-refractivity contribution in [1.29, 1.82) is 0 Å². The molecule has 0 spiro atoms. The van der Waals surface area contributed by atoms with E-state index >= 15 is 0 Å². The van der Waals surface area contributed by atoms with Crippen LogP contribution in [0, 0.1) is 0 Å². The van der Waals surface area contributed by atoms with Gasteiger partial charge in [0.15, 0.2) is 21.4 Å². The molecule has 1 unspecified atom stereocenters. The summed E-state index contributed by atoms with van der Waals surface area (Å²) in [5.74, 6) is 0.950. The molecule has 0 amide bonds. The fourth-order valence-electron chi connectivity index (χ4n) is 3.17. The summed E-state index contributed by atoms with van der Waals surface area (Å²) in [4.78, 5) is 10.9. The molecular formula is C17H26N5O5S+. The van der Waals surface area contributed by atoms with Crippen molar-refractivity contribution in [3.63, 3.8) is 0 Å². The fourth-order valence-corrected chi connectivity index (χ4v) is 3.66. The molecule has 2 aliphatic heterocycles. The van der Waals surface area contributed by atoms with Gasteiger partial charge in [-0.1, -0.05) is 0 Å². The van der Waals surface area contributed by atoms with Gasteiger partial charge in [0.05, 0.1) is 25.3 Å². The Bertz CT molecular complexity index is 915. The van der Waals surface area contributed by atoms with Gasteiger partial charge in [0.1, 0.15) is 17.0 Å². The number of hydrogen-bond donors (Lipinski definition) is 2. The van der Waals surface area contributed by atoms with E-state index in [9.17, 15) is 8.42 Å². The van der Waals surface area contributed by atoms with Crippen LogP contribution in [0.1, 0.15) is 26.5 Å². The van der Waals surface area contributed by atoms with Crippen molar-refractivity contribution in [2.45, 2.75) is 37.6 Å². The Hall–Kier alpha value is -2.40. The highest BCUT2D eigenvalue weighted by Crippen LogP contribution is 2.44. The first-order valence-electron chi connectivity index (χ1n) is 8.85. The molecule has 1 aromatic rings. The first-order chi connectivity index (χ1) is 13.1. The van der Waals surface area contributed by atoms with Crippen molar-refractivity contribution in [3.8, 4) is 11.8 Å². The lowest BCUT2D eigenvalue weighted by atomic mass is 10.0. The Morgan fingerprint density at radius 2 is 2.07 bits per heavy atom. The molecule has 28 heavy (non-hydrogen) atoms. The highest BCUT2D eigenvalue weighted by Gasteiger charge is 2.44. The second kappa shape index (κ2) is 7.21. The number of nitrogens with zero attached hydrogens (tertiary/aromatic N) is 3. The molecule has 1 aromatic heterocycles. The molecule has 1 fully saturated rings. The van der Waals surface area contributed by atoms with Crippen LogP contribution in [0.15, 0.2) is 12.0 Å². The lowest BCUT2D eigenvalue weighted by Crippen LogP contribution is -2.56. The Morgan fingerprint density at radius 1 is 1.36 bits per heavy atom. The lowest BCUT2D eigenvalue weighted by Gasteiger charge is -2.45. The maximum Gasteiger partial charge on any atom is 0.324 e. The molecule has 154 valence electrons. The molecule has 3 rings (SSSR count). The second-order valence-corrected chi connectivity index (χ2v) is 9.95. The predicted octanol–water partition coefficient (Wildman–Crippen LogP) is -1.25. The average molecular weight is 412 g/mol. The normalized spacial score (nSPS) is 22.7. The summed E-state index contributed by atoms with van der Waals surface area (Å²) in [5, 5.41) is 5.49. The van der Waals surface area contributed by atoms with Crippen LogP contribution in [0.4, 0.5) is 5.82 Å². The maximum absolute atomic E-state index is 12.5. The molecule has 0 bridgehead atoms. The van der Waals surface area contributed by atoms with Crippen molar-refractivity contribution in [2.75, 3.05) is 31.0 Å². The summed E-state index contributed by atoms with van der Waals surface area (Å²) < 4.78 is 40.7. The summed E-state index contributed by atoms with van der Waals surface area (Å²) in [5.41, 5.74) is 5.71. The zero-order chi connectivity index (χ0) is 20.7. The van der Waals surface area contributed by atoms with Gasteiger partial charge < -0.3 is 24.8 Å². The zero-order valence-electron chi connectivity index (χ0n) is 16.4. The zero-order valence-corrected chi connectivity index (χ0v) is 17.2. The van der Waals surface area contributed by atoms with E-state index in [0.717, 1.165) is 6.26 Å². The Morgan fingerprint density at radius 3 is 2.68 bits per heavy atom. The average Bonchev–Trinajstić information content (AvgIpc) is 2.64. The largest absolute Gasteiger partial charge is 0.486 e. The van der Waals surface area contributed by atoms with Crippen LogP contribution in [0.25, 0.3) is 0 Å². The van der Waals surface area contributed by atoms with Crippen LogP contribution in [0.2, 0.25) is 0 Å². The Kier molecular flexibility index (Phi) is 5.24. The first-order valence-corrected chi connectivity index (χ1v) is 10.7. The van der Waals surface area contributed by atoms with E-state index < -0.39 is 14.6 Å². The SMILES string of the molecule is C[C@@H]1COCC2COc3c(nc(O/C(C=[NH2+])=C/N)nc3C(C)(C)S(C)(=O)=O)N21. The molecule has 3 heterocycles. The summed E-state index contributed by atoms with van der Waals surface area (Å²) in [6.45, 7) is 6.50. The number of nitrogens with two attached hydrogens (primary N) is 2.